The van der Waals surface area contributed by atoms with E-state index >= 15 is 0 Å². The summed E-state index contributed by atoms with van der Waals surface area (Å²) in [6.45, 7) is 6.60. The largest absolute Gasteiger partial charge is 0.350 e. The highest BCUT2D eigenvalue weighted by Gasteiger charge is 2.12. The number of aryl methyl sites for hydroxylation is 1. The Morgan fingerprint density at radius 1 is 1.17 bits per heavy atom. The fraction of sp³-hybridized carbons (Fsp3) is 0.312. The van der Waals surface area contributed by atoms with Gasteiger partial charge in [-0.15, -0.1) is 11.3 Å². The van der Waals surface area contributed by atoms with Crippen LogP contribution >= 0.6 is 11.3 Å². The molecule has 0 fully saturated rings. The highest BCUT2D eigenvalue weighted by molar-refractivity contribution is 7.14. The number of nitrogens with one attached hydrogen (secondary N) is 3. The van der Waals surface area contributed by atoms with E-state index in [0.29, 0.717) is 29.0 Å². The smallest absolute Gasteiger partial charge is 0.325 e. The minimum Gasteiger partial charge on any atom is -0.350 e. The van der Waals surface area contributed by atoms with Crippen molar-refractivity contribution in [3.05, 3.63) is 40.9 Å². The quantitative estimate of drug-likeness (QED) is 0.784. The zero-order chi connectivity index (χ0) is 16.8. The van der Waals surface area contributed by atoms with Gasteiger partial charge in [-0.05, 0) is 25.0 Å². The van der Waals surface area contributed by atoms with E-state index in [4.69, 9.17) is 0 Å². The molecule has 0 atom stereocenters. The molecular weight excluding hydrogens is 312 g/mol. The number of carbonyl (C=O) groups excluding carboxylic acids is 2. The average molecular weight is 332 g/mol. The molecule has 3 amide bonds. The Morgan fingerprint density at radius 3 is 2.52 bits per heavy atom. The summed E-state index contributed by atoms with van der Waals surface area (Å²) >= 11 is 1.21. The third-order valence-electron chi connectivity index (χ3n) is 2.94. The molecule has 1 aromatic heterocycles. The first kappa shape index (κ1) is 17.0. The summed E-state index contributed by atoms with van der Waals surface area (Å²) in [5, 5.41) is 10.1. The number of carbonyl (C=O) groups is 2. The third-order valence-corrected chi connectivity index (χ3v) is 3.70. The lowest BCUT2D eigenvalue weighted by Crippen LogP contribution is -2.27. The standard InChI is InChI=1S/C16H20N4O2S/c1-10(2)8-17-14(21)13-9-23-16(19-13)20-15(22)18-12-6-4-11(3)5-7-12/h4-7,9-10H,8H2,1-3H3,(H,17,21)(H2,18,19,20,22). The fourth-order valence-corrected chi connectivity index (χ4v) is 2.40. The first-order chi connectivity index (χ1) is 10.9. The number of aromatic nitrogens is 1. The van der Waals surface area contributed by atoms with Crippen LogP contribution in [0.25, 0.3) is 0 Å². The second kappa shape index (κ2) is 7.73. The summed E-state index contributed by atoms with van der Waals surface area (Å²) in [7, 11) is 0. The molecule has 0 aliphatic rings. The Hall–Kier alpha value is -2.41. The van der Waals surface area contributed by atoms with Gasteiger partial charge in [0.2, 0.25) is 0 Å². The maximum absolute atomic E-state index is 11.9. The van der Waals surface area contributed by atoms with Crippen LogP contribution in [0.5, 0.6) is 0 Å². The molecule has 0 radical (unpaired) electrons. The molecule has 23 heavy (non-hydrogen) atoms. The van der Waals surface area contributed by atoms with Gasteiger partial charge in [0.1, 0.15) is 5.69 Å². The lowest BCUT2D eigenvalue weighted by atomic mass is 10.2. The molecule has 0 bridgehead atoms. The van der Waals surface area contributed by atoms with E-state index in [1.165, 1.54) is 11.3 Å². The molecule has 0 unspecified atom stereocenters. The molecule has 0 aliphatic heterocycles. The van der Waals surface area contributed by atoms with Gasteiger partial charge in [0.25, 0.3) is 5.91 Å². The van der Waals surface area contributed by atoms with Crippen molar-refractivity contribution in [2.45, 2.75) is 20.8 Å². The van der Waals surface area contributed by atoms with Crippen molar-refractivity contribution >= 4 is 34.1 Å². The lowest BCUT2D eigenvalue weighted by Gasteiger charge is -2.06. The van der Waals surface area contributed by atoms with Crippen molar-refractivity contribution in [2.24, 2.45) is 5.92 Å². The van der Waals surface area contributed by atoms with Crippen LogP contribution in [0.2, 0.25) is 0 Å². The molecule has 3 N–H and O–H groups in total. The maximum atomic E-state index is 11.9. The maximum Gasteiger partial charge on any atom is 0.325 e. The molecule has 2 rings (SSSR count). The van der Waals surface area contributed by atoms with E-state index < -0.39 is 6.03 Å². The van der Waals surface area contributed by atoms with Gasteiger partial charge in [0.05, 0.1) is 0 Å². The van der Waals surface area contributed by atoms with Gasteiger partial charge in [-0.2, -0.15) is 0 Å². The number of hydrogen-bond acceptors (Lipinski definition) is 4. The lowest BCUT2D eigenvalue weighted by molar-refractivity contribution is 0.0944. The third kappa shape index (κ3) is 5.37. The molecule has 1 aromatic carbocycles. The van der Waals surface area contributed by atoms with Gasteiger partial charge in [-0.1, -0.05) is 31.5 Å². The first-order valence-corrected chi connectivity index (χ1v) is 8.20. The Kier molecular flexibility index (Phi) is 5.70. The number of benzene rings is 1. The Balaban J connectivity index is 1.89. The van der Waals surface area contributed by atoms with Gasteiger partial charge in [-0.3, -0.25) is 10.1 Å². The number of urea groups is 1. The summed E-state index contributed by atoms with van der Waals surface area (Å²) in [5.41, 5.74) is 2.12. The van der Waals surface area contributed by atoms with Crippen LogP contribution < -0.4 is 16.0 Å². The van der Waals surface area contributed by atoms with E-state index in [9.17, 15) is 9.59 Å². The van der Waals surface area contributed by atoms with Crippen molar-refractivity contribution in [3.8, 4) is 0 Å². The van der Waals surface area contributed by atoms with E-state index in [-0.39, 0.29) is 5.91 Å². The molecule has 1 heterocycles. The molecule has 122 valence electrons. The molecule has 0 saturated heterocycles. The number of anilines is 2. The van der Waals surface area contributed by atoms with Crippen LogP contribution in [0.3, 0.4) is 0 Å². The van der Waals surface area contributed by atoms with Crippen LogP contribution in [0.15, 0.2) is 29.6 Å². The molecule has 7 heteroatoms. The highest BCUT2D eigenvalue weighted by atomic mass is 32.1. The number of hydrogen-bond donors (Lipinski definition) is 3. The predicted molar refractivity (Wildman–Crippen MR) is 93.1 cm³/mol. The zero-order valence-electron chi connectivity index (χ0n) is 13.3. The van der Waals surface area contributed by atoms with Crippen LogP contribution in [0.4, 0.5) is 15.6 Å². The normalized spacial score (nSPS) is 10.4. The second-order valence-corrected chi connectivity index (χ2v) is 6.45. The Labute approximate surface area is 139 Å². The summed E-state index contributed by atoms with van der Waals surface area (Å²) in [6.07, 6.45) is 0. The minimum atomic E-state index is -0.391. The van der Waals surface area contributed by atoms with Gasteiger partial charge < -0.3 is 10.6 Å². The summed E-state index contributed by atoms with van der Waals surface area (Å²) < 4.78 is 0. The number of thiazole rings is 1. The number of nitrogens with zero attached hydrogens (tertiary/aromatic N) is 1. The predicted octanol–water partition coefficient (Wildman–Crippen LogP) is 3.48. The molecular formula is C16H20N4O2S. The summed E-state index contributed by atoms with van der Waals surface area (Å²) in [6, 6.07) is 7.08. The molecule has 0 spiro atoms. The molecule has 0 saturated carbocycles. The minimum absolute atomic E-state index is 0.234. The average Bonchev–Trinajstić information content (AvgIpc) is 2.95. The van der Waals surface area contributed by atoms with E-state index in [1.54, 1.807) is 5.38 Å². The Morgan fingerprint density at radius 2 is 1.87 bits per heavy atom. The van der Waals surface area contributed by atoms with Gasteiger partial charge in [0.15, 0.2) is 5.13 Å². The highest BCUT2D eigenvalue weighted by Crippen LogP contribution is 2.16. The summed E-state index contributed by atoms with van der Waals surface area (Å²) in [5.74, 6) is 0.136. The van der Waals surface area contributed by atoms with E-state index in [2.05, 4.69) is 20.9 Å². The molecule has 0 aliphatic carbocycles. The molecule has 6 nitrogen and oxygen atoms in total. The monoisotopic (exact) mass is 332 g/mol. The van der Waals surface area contributed by atoms with Crippen molar-refractivity contribution in [1.82, 2.24) is 10.3 Å². The topological polar surface area (TPSA) is 83.1 Å². The van der Waals surface area contributed by atoms with Crippen LogP contribution in [0, 0.1) is 12.8 Å². The molecule has 2 aromatic rings. The van der Waals surface area contributed by atoms with Crippen LogP contribution in [0.1, 0.15) is 29.9 Å². The zero-order valence-corrected chi connectivity index (χ0v) is 14.2. The van der Waals surface area contributed by atoms with Gasteiger partial charge in [0, 0.05) is 17.6 Å². The van der Waals surface area contributed by atoms with Gasteiger partial charge >= 0.3 is 6.03 Å². The number of amides is 3. The van der Waals surface area contributed by atoms with Crippen molar-refractivity contribution in [3.63, 3.8) is 0 Å². The van der Waals surface area contributed by atoms with Gasteiger partial charge in [-0.25, -0.2) is 9.78 Å². The van der Waals surface area contributed by atoms with Crippen molar-refractivity contribution in [2.75, 3.05) is 17.2 Å². The Bertz CT molecular complexity index is 680. The van der Waals surface area contributed by atoms with Crippen LogP contribution in [-0.2, 0) is 0 Å². The fourth-order valence-electron chi connectivity index (χ4n) is 1.72. The van der Waals surface area contributed by atoms with Crippen molar-refractivity contribution in [1.29, 1.82) is 0 Å². The number of rotatable bonds is 5. The summed E-state index contributed by atoms with van der Waals surface area (Å²) in [4.78, 5) is 27.9. The first-order valence-electron chi connectivity index (χ1n) is 7.32. The van der Waals surface area contributed by atoms with Crippen LogP contribution in [-0.4, -0.2) is 23.5 Å². The van der Waals surface area contributed by atoms with E-state index in [1.807, 2.05) is 45.0 Å². The second-order valence-electron chi connectivity index (χ2n) is 5.59. The van der Waals surface area contributed by atoms with E-state index in [0.717, 1.165) is 5.56 Å². The van der Waals surface area contributed by atoms with Crippen molar-refractivity contribution < 1.29 is 9.59 Å². The SMILES string of the molecule is Cc1ccc(NC(=O)Nc2nc(C(=O)NCC(C)C)cs2)cc1.